The Hall–Kier alpha value is -1.32. The quantitative estimate of drug-likeness (QED) is 0.877. The number of anilines is 1. The number of nitrogen functional groups attached to an aromatic ring is 1. The van der Waals surface area contributed by atoms with Gasteiger partial charge in [-0.05, 0) is 43.3 Å². The van der Waals surface area contributed by atoms with Crippen LogP contribution in [-0.2, 0) is 6.54 Å². The van der Waals surface area contributed by atoms with E-state index in [2.05, 4.69) is 44.3 Å². The zero-order valence-corrected chi connectivity index (χ0v) is 12.0. The predicted molar refractivity (Wildman–Crippen MR) is 79.9 cm³/mol. The molecular formula is C15H20N2S. The zero-order chi connectivity index (χ0) is 13.1. The average Bonchev–Trinajstić information content (AvgIpc) is 2.75. The maximum Gasteiger partial charge on any atom is 0.0468 e. The van der Waals surface area contributed by atoms with Crippen LogP contribution in [-0.4, -0.2) is 0 Å². The first-order valence-corrected chi connectivity index (χ1v) is 7.08. The van der Waals surface area contributed by atoms with Crippen LogP contribution < -0.4 is 11.1 Å². The molecule has 0 aliphatic carbocycles. The smallest absolute Gasteiger partial charge is 0.0468 e. The van der Waals surface area contributed by atoms with Crippen LogP contribution in [0, 0.1) is 13.8 Å². The molecule has 2 rings (SSSR count). The van der Waals surface area contributed by atoms with Crippen molar-refractivity contribution in [3.05, 3.63) is 51.2 Å². The standard InChI is InChI=1S/C15H20N2S/c1-10-4-5-11(2)13(8-10)12(3)17-9-15-14(16)6-7-18-15/h4-8,12,17H,9,16H2,1-3H3. The maximum absolute atomic E-state index is 5.89. The second-order valence-corrected chi connectivity index (χ2v) is 5.76. The number of thiophene rings is 1. The number of aryl methyl sites for hydroxylation is 2. The van der Waals surface area contributed by atoms with Gasteiger partial charge in [-0.15, -0.1) is 11.3 Å². The molecule has 0 aliphatic rings. The molecular weight excluding hydrogens is 240 g/mol. The maximum atomic E-state index is 5.89. The van der Waals surface area contributed by atoms with Crippen LogP contribution in [0.1, 0.15) is 34.5 Å². The Morgan fingerprint density at radius 3 is 2.72 bits per heavy atom. The van der Waals surface area contributed by atoms with Gasteiger partial charge < -0.3 is 11.1 Å². The molecule has 0 fully saturated rings. The van der Waals surface area contributed by atoms with Gasteiger partial charge in [0, 0.05) is 23.2 Å². The molecule has 0 saturated carbocycles. The van der Waals surface area contributed by atoms with Crippen molar-refractivity contribution in [3.8, 4) is 0 Å². The van der Waals surface area contributed by atoms with Gasteiger partial charge in [-0.1, -0.05) is 23.8 Å². The summed E-state index contributed by atoms with van der Waals surface area (Å²) in [4.78, 5) is 1.21. The zero-order valence-electron chi connectivity index (χ0n) is 11.2. The van der Waals surface area contributed by atoms with Gasteiger partial charge in [-0.25, -0.2) is 0 Å². The molecule has 0 bridgehead atoms. The monoisotopic (exact) mass is 260 g/mol. The summed E-state index contributed by atoms with van der Waals surface area (Å²) in [5.41, 5.74) is 10.8. The van der Waals surface area contributed by atoms with Gasteiger partial charge in [0.1, 0.15) is 0 Å². The van der Waals surface area contributed by atoms with E-state index in [0.717, 1.165) is 12.2 Å². The van der Waals surface area contributed by atoms with Gasteiger partial charge in [0.2, 0.25) is 0 Å². The molecule has 0 aliphatic heterocycles. The molecule has 1 aromatic carbocycles. The summed E-state index contributed by atoms with van der Waals surface area (Å²) in [6.07, 6.45) is 0. The number of hydrogen-bond donors (Lipinski definition) is 2. The Bertz CT molecular complexity index is 531. The molecule has 96 valence electrons. The lowest BCUT2D eigenvalue weighted by atomic mass is 10.00. The van der Waals surface area contributed by atoms with Crippen molar-refractivity contribution in [2.24, 2.45) is 0 Å². The van der Waals surface area contributed by atoms with Crippen molar-refractivity contribution in [2.75, 3.05) is 5.73 Å². The van der Waals surface area contributed by atoms with E-state index in [1.807, 2.05) is 11.4 Å². The van der Waals surface area contributed by atoms with E-state index in [-0.39, 0.29) is 0 Å². The molecule has 2 nitrogen and oxygen atoms in total. The highest BCUT2D eigenvalue weighted by molar-refractivity contribution is 7.10. The molecule has 1 aromatic heterocycles. The van der Waals surface area contributed by atoms with Gasteiger partial charge in [-0.2, -0.15) is 0 Å². The fourth-order valence-electron chi connectivity index (χ4n) is 2.08. The van der Waals surface area contributed by atoms with E-state index >= 15 is 0 Å². The van der Waals surface area contributed by atoms with Gasteiger partial charge in [0.25, 0.3) is 0 Å². The van der Waals surface area contributed by atoms with Crippen molar-refractivity contribution >= 4 is 17.0 Å². The van der Waals surface area contributed by atoms with Crippen molar-refractivity contribution in [1.82, 2.24) is 5.32 Å². The molecule has 3 heteroatoms. The van der Waals surface area contributed by atoms with Crippen LogP contribution in [0.25, 0.3) is 0 Å². The summed E-state index contributed by atoms with van der Waals surface area (Å²) >= 11 is 1.71. The molecule has 18 heavy (non-hydrogen) atoms. The van der Waals surface area contributed by atoms with Crippen LogP contribution >= 0.6 is 11.3 Å². The molecule has 1 atom stereocenters. The minimum absolute atomic E-state index is 0.339. The number of hydrogen-bond acceptors (Lipinski definition) is 3. The Morgan fingerprint density at radius 1 is 1.28 bits per heavy atom. The number of rotatable bonds is 4. The van der Waals surface area contributed by atoms with E-state index in [4.69, 9.17) is 5.73 Å². The Morgan fingerprint density at radius 2 is 2.06 bits per heavy atom. The summed E-state index contributed by atoms with van der Waals surface area (Å²) < 4.78 is 0. The van der Waals surface area contributed by atoms with Crippen molar-refractivity contribution in [3.63, 3.8) is 0 Å². The average molecular weight is 260 g/mol. The summed E-state index contributed by atoms with van der Waals surface area (Å²) in [5, 5.41) is 5.58. The normalized spacial score (nSPS) is 12.6. The van der Waals surface area contributed by atoms with E-state index in [0.29, 0.717) is 6.04 Å². The van der Waals surface area contributed by atoms with Gasteiger partial charge in [0.05, 0.1) is 0 Å². The lowest BCUT2D eigenvalue weighted by Gasteiger charge is -2.17. The Labute approximate surface area is 113 Å². The van der Waals surface area contributed by atoms with Gasteiger partial charge in [0.15, 0.2) is 0 Å². The van der Waals surface area contributed by atoms with Crippen LogP contribution in [0.15, 0.2) is 29.6 Å². The molecule has 3 N–H and O–H groups in total. The molecule has 1 unspecified atom stereocenters. The number of nitrogens with two attached hydrogens (primary N) is 1. The van der Waals surface area contributed by atoms with Crippen molar-refractivity contribution < 1.29 is 0 Å². The fraction of sp³-hybridized carbons (Fsp3) is 0.333. The van der Waals surface area contributed by atoms with Crippen LogP contribution in [0.4, 0.5) is 5.69 Å². The Balaban J connectivity index is 2.06. The highest BCUT2D eigenvalue weighted by atomic mass is 32.1. The number of benzene rings is 1. The predicted octanol–water partition coefficient (Wildman–Crippen LogP) is 3.80. The summed E-state index contributed by atoms with van der Waals surface area (Å²) in [6, 6.07) is 8.90. The summed E-state index contributed by atoms with van der Waals surface area (Å²) in [6.45, 7) is 7.32. The highest BCUT2D eigenvalue weighted by Gasteiger charge is 2.09. The molecule has 0 radical (unpaired) electrons. The van der Waals surface area contributed by atoms with E-state index in [1.165, 1.54) is 21.6 Å². The van der Waals surface area contributed by atoms with Crippen LogP contribution in [0.5, 0.6) is 0 Å². The molecule has 0 saturated heterocycles. The second kappa shape index (κ2) is 5.55. The first kappa shape index (κ1) is 13.1. The van der Waals surface area contributed by atoms with E-state index < -0.39 is 0 Å². The van der Waals surface area contributed by atoms with Crippen LogP contribution in [0.3, 0.4) is 0 Å². The lowest BCUT2D eigenvalue weighted by molar-refractivity contribution is 0.576. The van der Waals surface area contributed by atoms with Crippen LogP contribution in [0.2, 0.25) is 0 Å². The lowest BCUT2D eigenvalue weighted by Crippen LogP contribution is -2.19. The van der Waals surface area contributed by atoms with E-state index in [9.17, 15) is 0 Å². The third-order valence-electron chi connectivity index (χ3n) is 3.25. The molecule has 2 aromatic rings. The van der Waals surface area contributed by atoms with E-state index in [1.54, 1.807) is 11.3 Å². The first-order valence-electron chi connectivity index (χ1n) is 6.20. The minimum atomic E-state index is 0.339. The van der Waals surface area contributed by atoms with Gasteiger partial charge in [-0.3, -0.25) is 0 Å². The summed E-state index contributed by atoms with van der Waals surface area (Å²) in [5.74, 6) is 0. The fourth-order valence-corrected chi connectivity index (χ4v) is 2.83. The molecule has 1 heterocycles. The third-order valence-corrected chi connectivity index (χ3v) is 4.19. The third kappa shape index (κ3) is 2.92. The first-order chi connectivity index (χ1) is 8.58. The Kier molecular flexibility index (Phi) is 4.04. The summed E-state index contributed by atoms with van der Waals surface area (Å²) in [7, 11) is 0. The van der Waals surface area contributed by atoms with Crippen molar-refractivity contribution in [2.45, 2.75) is 33.4 Å². The topological polar surface area (TPSA) is 38.0 Å². The highest BCUT2D eigenvalue weighted by Crippen LogP contribution is 2.22. The number of nitrogens with one attached hydrogen (secondary N) is 1. The molecule has 0 amide bonds. The SMILES string of the molecule is Cc1ccc(C)c(C(C)NCc2sccc2N)c1. The minimum Gasteiger partial charge on any atom is -0.398 e. The second-order valence-electron chi connectivity index (χ2n) is 4.76. The van der Waals surface area contributed by atoms with Crippen molar-refractivity contribution in [1.29, 1.82) is 0 Å². The molecule has 0 spiro atoms. The van der Waals surface area contributed by atoms with Gasteiger partial charge >= 0.3 is 0 Å². The largest absolute Gasteiger partial charge is 0.398 e.